The fourth-order valence-electron chi connectivity index (χ4n) is 3.39. The number of halogens is 1. The van der Waals surface area contributed by atoms with Gasteiger partial charge >= 0.3 is 5.97 Å². The number of nitrogens with one attached hydrogen (secondary N) is 1. The van der Waals surface area contributed by atoms with Crippen LogP contribution in [0.3, 0.4) is 0 Å². The SMILES string of the molecule is O=C(O)c1cnn(C2CCCN(C(=O)c3cc4cc(F)ccc4[nH]3)C2)c1. The average molecular weight is 356 g/mol. The van der Waals surface area contributed by atoms with Crippen molar-refractivity contribution in [1.29, 1.82) is 0 Å². The Balaban J connectivity index is 1.54. The number of carboxylic acid groups (broad SMARTS) is 1. The summed E-state index contributed by atoms with van der Waals surface area (Å²) in [6.45, 7) is 1.06. The minimum Gasteiger partial charge on any atom is -0.478 e. The van der Waals surface area contributed by atoms with Gasteiger partial charge < -0.3 is 15.0 Å². The molecule has 7 nitrogen and oxygen atoms in total. The van der Waals surface area contributed by atoms with Gasteiger partial charge in [0, 0.05) is 30.2 Å². The zero-order valence-corrected chi connectivity index (χ0v) is 13.9. The second-order valence-corrected chi connectivity index (χ2v) is 6.48. The maximum atomic E-state index is 13.3. The standard InChI is InChI=1S/C18H17FN4O3/c19-13-3-4-15-11(6-13)7-16(21-15)17(24)22-5-1-2-14(10-22)23-9-12(8-20-23)18(25)26/h3-4,6-9,14,21H,1-2,5,10H2,(H,25,26). The van der Waals surface area contributed by atoms with E-state index in [0.29, 0.717) is 29.7 Å². The molecular weight excluding hydrogens is 339 g/mol. The Kier molecular flexibility index (Phi) is 3.95. The van der Waals surface area contributed by atoms with Crippen LogP contribution >= 0.6 is 0 Å². The summed E-state index contributed by atoms with van der Waals surface area (Å²) in [5, 5.41) is 13.8. The van der Waals surface area contributed by atoms with E-state index in [-0.39, 0.29) is 23.3 Å². The summed E-state index contributed by atoms with van der Waals surface area (Å²) in [7, 11) is 0. The second-order valence-electron chi connectivity index (χ2n) is 6.48. The highest BCUT2D eigenvalue weighted by molar-refractivity contribution is 5.98. The molecule has 0 bridgehead atoms. The third kappa shape index (κ3) is 2.94. The van der Waals surface area contributed by atoms with Crippen LogP contribution < -0.4 is 0 Å². The molecule has 1 aliphatic rings. The molecule has 8 heteroatoms. The van der Waals surface area contributed by atoms with Crippen LogP contribution in [-0.4, -0.2) is 49.7 Å². The van der Waals surface area contributed by atoms with Gasteiger partial charge in [-0.05, 0) is 37.1 Å². The number of amides is 1. The van der Waals surface area contributed by atoms with Crippen molar-refractivity contribution in [3.8, 4) is 0 Å². The van der Waals surface area contributed by atoms with Crippen LogP contribution in [0.15, 0.2) is 36.7 Å². The lowest BCUT2D eigenvalue weighted by Gasteiger charge is -2.32. The van der Waals surface area contributed by atoms with Crippen molar-refractivity contribution in [2.45, 2.75) is 18.9 Å². The zero-order chi connectivity index (χ0) is 18.3. The Hall–Kier alpha value is -3.16. The van der Waals surface area contributed by atoms with Crippen LogP contribution in [0.4, 0.5) is 4.39 Å². The van der Waals surface area contributed by atoms with Gasteiger partial charge in [0.05, 0.1) is 17.8 Å². The molecule has 0 radical (unpaired) electrons. The number of likely N-dealkylation sites (tertiary alicyclic amines) is 1. The summed E-state index contributed by atoms with van der Waals surface area (Å²) in [5.41, 5.74) is 1.26. The first-order valence-corrected chi connectivity index (χ1v) is 8.36. The smallest absolute Gasteiger partial charge is 0.338 e. The summed E-state index contributed by atoms with van der Waals surface area (Å²) in [5.74, 6) is -1.52. The number of piperidine rings is 1. The van der Waals surface area contributed by atoms with Crippen molar-refractivity contribution >= 4 is 22.8 Å². The number of carbonyl (C=O) groups is 2. The number of aromatic amines is 1. The number of rotatable bonds is 3. The highest BCUT2D eigenvalue weighted by atomic mass is 19.1. The Labute approximate surface area is 148 Å². The van der Waals surface area contributed by atoms with E-state index in [9.17, 15) is 14.0 Å². The molecular formula is C18H17FN4O3. The minimum absolute atomic E-state index is 0.0670. The monoisotopic (exact) mass is 356 g/mol. The summed E-state index contributed by atoms with van der Waals surface area (Å²) in [6.07, 6.45) is 4.43. The Bertz CT molecular complexity index is 993. The van der Waals surface area contributed by atoms with Crippen molar-refractivity contribution in [2.75, 3.05) is 13.1 Å². The molecule has 2 N–H and O–H groups in total. The number of hydrogen-bond acceptors (Lipinski definition) is 3. The van der Waals surface area contributed by atoms with E-state index >= 15 is 0 Å². The molecule has 1 atom stereocenters. The largest absolute Gasteiger partial charge is 0.478 e. The lowest BCUT2D eigenvalue weighted by atomic mass is 10.1. The van der Waals surface area contributed by atoms with E-state index in [0.717, 1.165) is 12.8 Å². The van der Waals surface area contributed by atoms with Gasteiger partial charge in [-0.1, -0.05) is 0 Å². The number of carboxylic acids is 1. The number of hydrogen-bond donors (Lipinski definition) is 2. The van der Waals surface area contributed by atoms with E-state index < -0.39 is 5.97 Å². The van der Waals surface area contributed by atoms with Gasteiger partial charge in [0.2, 0.25) is 0 Å². The van der Waals surface area contributed by atoms with E-state index in [1.54, 1.807) is 21.7 Å². The van der Waals surface area contributed by atoms with Crippen molar-refractivity contribution in [2.24, 2.45) is 0 Å². The molecule has 1 saturated heterocycles. The number of carbonyl (C=O) groups excluding carboxylic acids is 1. The molecule has 0 spiro atoms. The highest BCUT2D eigenvalue weighted by Crippen LogP contribution is 2.24. The molecule has 1 aromatic carbocycles. The quantitative estimate of drug-likeness (QED) is 0.755. The first-order chi connectivity index (χ1) is 12.5. The topological polar surface area (TPSA) is 91.2 Å². The predicted molar refractivity (Wildman–Crippen MR) is 91.6 cm³/mol. The molecule has 1 unspecified atom stereocenters. The molecule has 3 heterocycles. The number of benzene rings is 1. The van der Waals surface area contributed by atoms with Gasteiger partial charge in [-0.25, -0.2) is 9.18 Å². The maximum Gasteiger partial charge on any atom is 0.338 e. The van der Waals surface area contributed by atoms with Crippen molar-refractivity contribution in [1.82, 2.24) is 19.7 Å². The van der Waals surface area contributed by atoms with Crippen molar-refractivity contribution in [3.05, 3.63) is 53.7 Å². The number of aromatic carboxylic acids is 1. The van der Waals surface area contributed by atoms with Crippen LogP contribution in [0.2, 0.25) is 0 Å². The lowest BCUT2D eigenvalue weighted by molar-refractivity contribution is 0.0662. The van der Waals surface area contributed by atoms with E-state index in [2.05, 4.69) is 10.1 Å². The van der Waals surface area contributed by atoms with Crippen LogP contribution in [0.1, 0.15) is 39.7 Å². The molecule has 0 saturated carbocycles. The number of nitrogens with zero attached hydrogens (tertiary/aromatic N) is 3. The van der Waals surface area contributed by atoms with Crippen LogP contribution in [0, 0.1) is 5.82 Å². The molecule has 2 aromatic heterocycles. The van der Waals surface area contributed by atoms with Gasteiger partial charge in [-0.3, -0.25) is 9.48 Å². The second kappa shape index (κ2) is 6.29. The summed E-state index contributed by atoms with van der Waals surface area (Å²) < 4.78 is 15.0. The molecule has 1 fully saturated rings. The van der Waals surface area contributed by atoms with E-state index in [1.165, 1.54) is 24.5 Å². The maximum absolute atomic E-state index is 13.3. The molecule has 4 rings (SSSR count). The summed E-state index contributed by atoms with van der Waals surface area (Å²) in [4.78, 5) is 28.6. The number of fused-ring (bicyclic) bond motifs is 1. The van der Waals surface area contributed by atoms with Crippen LogP contribution in [-0.2, 0) is 0 Å². The van der Waals surface area contributed by atoms with Crippen molar-refractivity contribution in [3.63, 3.8) is 0 Å². The number of aromatic nitrogens is 3. The molecule has 1 aliphatic heterocycles. The normalized spacial score (nSPS) is 17.6. The lowest BCUT2D eigenvalue weighted by Crippen LogP contribution is -2.41. The molecule has 134 valence electrons. The first kappa shape index (κ1) is 16.3. The predicted octanol–water partition coefficient (Wildman–Crippen LogP) is 2.68. The Morgan fingerprint density at radius 3 is 2.92 bits per heavy atom. The number of H-pyrrole nitrogens is 1. The fourth-order valence-corrected chi connectivity index (χ4v) is 3.39. The molecule has 0 aliphatic carbocycles. The van der Waals surface area contributed by atoms with Crippen LogP contribution in [0.25, 0.3) is 10.9 Å². The van der Waals surface area contributed by atoms with Gasteiger partial charge in [0.25, 0.3) is 5.91 Å². The Morgan fingerprint density at radius 1 is 1.31 bits per heavy atom. The summed E-state index contributed by atoms with van der Waals surface area (Å²) >= 11 is 0. The molecule has 1 amide bonds. The van der Waals surface area contributed by atoms with E-state index in [1.807, 2.05) is 0 Å². The van der Waals surface area contributed by atoms with Crippen molar-refractivity contribution < 1.29 is 19.1 Å². The third-order valence-electron chi connectivity index (χ3n) is 4.72. The fraction of sp³-hybridized carbons (Fsp3) is 0.278. The average Bonchev–Trinajstić information content (AvgIpc) is 3.28. The minimum atomic E-state index is -1.02. The Morgan fingerprint density at radius 2 is 2.15 bits per heavy atom. The van der Waals surface area contributed by atoms with Crippen LogP contribution in [0.5, 0.6) is 0 Å². The van der Waals surface area contributed by atoms with Gasteiger partial charge in [0.1, 0.15) is 11.5 Å². The third-order valence-corrected chi connectivity index (χ3v) is 4.72. The van der Waals surface area contributed by atoms with Gasteiger partial charge in [0.15, 0.2) is 0 Å². The van der Waals surface area contributed by atoms with Gasteiger partial charge in [-0.2, -0.15) is 5.10 Å². The summed E-state index contributed by atoms with van der Waals surface area (Å²) in [6, 6.07) is 5.93. The van der Waals surface area contributed by atoms with E-state index in [4.69, 9.17) is 5.11 Å². The highest BCUT2D eigenvalue weighted by Gasteiger charge is 2.27. The molecule has 3 aromatic rings. The molecule has 26 heavy (non-hydrogen) atoms. The van der Waals surface area contributed by atoms with Gasteiger partial charge in [-0.15, -0.1) is 0 Å². The zero-order valence-electron chi connectivity index (χ0n) is 13.9. The first-order valence-electron chi connectivity index (χ1n) is 8.36.